The third-order valence-electron chi connectivity index (χ3n) is 2.58. The molecule has 1 aromatic rings. The Hall–Kier alpha value is -0.350. The highest BCUT2D eigenvalue weighted by atomic mass is 79.9. The summed E-state index contributed by atoms with van der Waals surface area (Å²) in [6.07, 6.45) is 0. The second kappa shape index (κ2) is 4.66. The molecule has 0 radical (unpaired) electrons. The van der Waals surface area contributed by atoms with E-state index in [1.165, 1.54) is 0 Å². The predicted octanol–water partition coefficient (Wildman–Crippen LogP) is 3.78. The average Bonchev–Trinajstić information content (AvgIpc) is 2.16. The van der Waals surface area contributed by atoms with Crippen molar-refractivity contribution in [2.24, 2.45) is 5.92 Å². The van der Waals surface area contributed by atoms with Gasteiger partial charge < -0.3 is 5.11 Å². The van der Waals surface area contributed by atoms with Crippen LogP contribution in [0.3, 0.4) is 0 Å². The monoisotopic (exact) mass is 334 g/mol. The largest absolute Gasteiger partial charge is 0.481 e. The van der Waals surface area contributed by atoms with Gasteiger partial charge in [0.2, 0.25) is 0 Å². The van der Waals surface area contributed by atoms with E-state index in [9.17, 15) is 4.79 Å². The lowest BCUT2D eigenvalue weighted by atomic mass is 9.89. The van der Waals surface area contributed by atoms with E-state index in [0.29, 0.717) is 0 Å². The molecule has 1 N–H and O–H groups in total. The highest BCUT2D eigenvalue weighted by Crippen LogP contribution is 2.41. The summed E-state index contributed by atoms with van der Waals surface area (Å²) in [7, 11) is 0. The summed E-state index contributed by atoms with van der Waals surface area (Å²) in [6.45, 7) is 3.56. The molecule has 0 saturated heterocycles. The molecule has 0 aliphatic carbocycles. The molecule has 0 spiro atoms. The molecular weight excluding hydrogens is 324 g/mol. The Morgan fingerprint density at radius 3 is 2.47 bits per heavy atom. The number of carbonyl (C=O) groups is 1. The summed E-state index contributed by atoms with van der Waals surface area (Å²) in [4.78, 5) is 11.0. The maximum absolute atomic E-state index is 11.0. The lowest BCUT2D eigenvalue weighted by Crippen LogP contribution is -2.30. The van der Waals surface area contributed by atoms with Crippen molar-refractivity contribution in [3.63, 3.8) is 0 Å². The third-order valence-corrected chi connectivity index (χ3v) is 4.39. The van der Waals surface area contributed by atoms with E-state index in [2.05, 4.69) is 31.9 Å². The molecule has 0 aliphatic heterocycles. The van der Waals surface area contributed by atoms with Crippen LogP contribution in [0.4, 0.5) is 0 Å². The molecule has 0 fully saturated rings. The maximum Gasteiger partial charge on any atom is 0.307 e. The van der Waals surface area contributed by atoms with E-state index in [1.54, 1.807) is 6.92 Å². The number of hydrogen-bond donors (Lipinski definition) is 1. The summed E-state index contributed by atoms with van der Waals surface area (Å²) in [6, 6.07) is 7.62. The van der Waals surface area contributed by atoms with Gasteiger partial charge in [0, 0.05) is 4.47 Å². The van der Waals surface area contributed by atoms with Crippen LogP contribution < -0.4 is 0 Å². The molecule has 0 bridgehead atoms. The van der Waals surface area contributed by atoms with Crippen LogP contribution in [-0.4, -0.2) is 11.1 Å². The van der Waals surface area contributed by atoms with Crippen LogP contribution in [0.25, 0.3) is 0 Å². The highest BCUT2D eigenvalue weighted by Gasteiger charge is 2.36. The SMILES string of the molecule is CC(C(=O)O)C(C)(Br)c1ccccc1Br. The molecule has 0 heterocycles. The van der Waals surface area contributed by atoms with Crippen LogP contribution in [0.15, 0.2) is 28.7 Å². The van der Waals surface area contributed by atoms with Gasteiger partial charge in [-0.3, -0.25) is 4.79 Å². The number of halogens is 2. The summed E-state index contributed by atoms with van der Waals surface area (Å²) in [5, 5.41) is 9.02. The second-order valence-electron chi connectivity index (χ2n) is 3.62. The van der Waals surface area contributed by atoms with Crippen LogP contribution in [0, 0.1) is 5.92 Å². The number of carboxylic acid groups (broad SMARTS) is 1. The van der Waals surface area contributed by atoms with Crippen LogP contribution >= 0.6 is 31.9 Å². The molecule has 0 aromatic heterocycles. The zero-order chi connectivity index (χ0) is 11.6. The van der Waals surface area contributed by atoms with E-state index in [1.807, 2.05) is 31.2 Å². The fourth-order valence-corrected chi connectivity index (χ4v) is 2.83. The van der Waals surface area contributed by atoms with Gasteiger partial charge in [-0.15, -0.1) is 0 Å². The average molecular weight is 336 g/mol. The molecule has 0 aliphatic rings. The summed E-state index contributed by atoms with van der Waals surface area (Å²) in [5.74, 6) is -1.32. The van der Waals surface area contributed by atoms with Gasteiger partial charge in [0.05, 0.1) is 10.2 Å². The van der Waals surface area contributed by atoms with E-state index in [0.717, 1.165) is 10.0 Å². The van der Waals surface area contributed by atoms with Crippen molar-refractivity contribution < 1.29 is 9.90 Å². The van der Waals surface area contributed by atoms with Crippen molar-refractivity contribution >= 4 is 37.8 Å². The maximum atomic E-state index is 11.0. The van der Waals surface area contributed by atoms with Crippen molar-refractivity contribution in [2.75, 3.05) is 0 Å². The number of hydrogen-bond acceptors (Lipinski definition) is 1. The van der Waals surface area contributed by atoms with Crippen LogP contribution in [0.5, 0.6) is 0 Å². The smallest absolute Gasteiger partial charge is 0.307 e. The van der Waals surface area contributed by atoms with Gasteiger partial charge in [0.1, 0.15) is 0 Å². The fraction of sp³-hybridized carbons (Fsp3) is 0.364. The minimum Gasteiger partial charge on any atom is -0.481 e. The molecule has 0 saturated carbocycles. The Labute approximate surface area is 106 Å². The second-order valence-corrected chi connectivity index (χ2v) is 6.12. The number of benzene rings is 1. The molecule has 1 aromatic carbocycles. The fourth-order valence-electron chi connectivity index (χ4n) is 1.32. The lowest BCUT2D eigenvalue weighted by Gasteiger charge is -2.28. The Morgan fingerprint density at radius 2 is 2.00 bits per heavy atom. The molecule has 2 atom stereocenters. The zero-order valence-corrected chi connectivity index (χ0v) is 11.7. The number of carboxylic acids is 1. The van der Waals surface area contributed by atoms with Gasteiger partial charge in [0.25, 0.3) is 0 Å². The van der Waals surface area contributed by atoms with Crippen LogP contribution in [0.2, 0.25) is 0 Å². The zero-order valence-electron chi connectivity index (χ0n) is 8.50. The molecule has 4 heteroatoms. The summed E-state index contributed by atoms with van der Waals surface area (Å²) in [5.41, 5.74) is 0.944. The normalized spacial score (nSPS) is 16.8. The topological polar surface area (TPSA) is 37.3 Å². The minimum absolute atomic E-state index is 0.504. The predicted molar refractivity (Wildman–Crippen MR) is 67.2 cm³/mol. The summed E-state index contributed by atoms with van der Waals surface area (Å²) < 4.78 is 0.344. The first-order valence-electron chi connectivity index (χ1n) is 4.54. The van der Waals surface area contributed by atoms with Gasteiger partial charge in [-0.1, -0.05) is 57.0 Å². The standard InChI is InChI=1S/C11H12Br2O2/c1-7(10(14)15)11(2,13)8-5-3-4-6-9(8)12/h3-7H,1-2H3,(H,14,15). The van der Waals surface area contributed by atoms with Crippen LogP contribution in [-0.2, 0) is 9.12 Å². The first-order valence-corrected chi connectivity index (χ1v) is 6.12. The lowest BCUT2D eigenvalue weighted by molar-refractivity contribution is -0.142. The molecular formula is C11H12Br2O2. The van der Waals surface area contributed by atoms with Gasteiger partial charge in [0.15, 0.2) is 0 Å². The van der Waals surface area contributed by atoms with E-state index in [4.69, 9.17) is 5.11 Å². The first-order chi connectivity index (χ1) is 6.87. The Balaban J connectivity index is 3.16. The molecule has 82 valence electrons. The Bertz CT molecular complexity index is 375. The van der Waals surface area contributed by atoms with Crippen molar-refractivity contribution in [3.8, 4) is 0 Å². The van der Waals surface area contributed by atoms with Crippen molar-refractivity contribution in [2.45, 2.75) is 18.2 Å². The van der Waals surface area contributed by atoms with Gasteiger partial charge in [-0.05, 0) is 18.6 Å². The Morgan fingerprint density at radius 1 is 1.47 bits per heavy atom. The van der Waals surface area contributed by atoms with Crippen molar-refractivity contribution in [1.82, 2.24) is 0 Å². The third kappa shape index (κ3) is 2.61. The first kappa shape index (κ1) is 12.7. The molecule has 2 unspecified atom stereocenters. The molecule has 1 rings (SSSR count). The van der Waals surface area contributed by atoms with Crippen molar-refractivity contribution in [3.05, 3.63) is 34.3 Å². The quantitative estimate of drug-likeness (QED) is 0.853. The van der Waals surface area contributed by atoms with Gasteiger partial charge >= 0.3 is 5.97 Å². The van der Waals surface area contributed by atoms with Gasteiger partial charge in [-0.2, -0.15) is 0 Å². The number of alkyl halides is 1. The number of rotatable bonds is 3. The molecule has 15 heavy (non-hydrogen) atoms. The van der Waals surface area contributed by atoms with Crippen molar-refractivity contribution in [1.29, 1.82) is 0 Å². The van der Waals surface area contributed by atoms with E-state index >= 15 is 0 Å². The van der Waals surface area contributed by atoms with Gasteiger partial charge in [-0.25, -0.2) is 0 Å². The molecule has 2 nitrogen and oxygen atoms in total. The van der Waals surface area contributed by atoms with E-state index in [-0.39, 0.29) is 0 Å². The highest BCUT2D eigenvalue weighted by molar-refractivity contribution is 9.11. The van der Waals surface area contributed by atoms with Crippen LogP contribution in [0.1, 0.15) is 19.4 Å². The minimum atomic E-state index is -0.815. The molecule has 0 amide bonds. The Kier molecular flexibility index (Phi) is 3.95. The summed E-state index contributed by atoms with van der Waals surface area (Å²) >= 11 is 6.92. The van der Waals surface area contributed by atoms with E-state index < -0.39 is 16.2 Å². The number of aliphatic carboxylic acids is 1.